The molecule has 9 heteroatoms. The topological polar surface area (TPSA) is 84.0 Å². The SMILES string of the molecule is COc1ccc(CN(C(=O)[C@H]2CC(=O)N(c3ccccc3Cl)C2)[C@H]2CCS(=O)(=O)C2)cc1. The first-order valence-electron chi connectivity index (χ1n) is 10.5. The van der Waals surface area contributed by atoms with Gasteiger partial charge in [0.1, 0.15) is 5.75 Å². The van der Waals surface area contributed by atoms with E-state index in [1.165, 1.54) is 0 Å². The molecule has 2 aliphatic heterocycles. The molecule has 4 rings (SSSR count). The first kappa shape index (κ1) is 22.6. The van der Waals surface area contributed by atoms with Crippen LogP contribution in [-0.2, 0) is 26.0 Å². The molecule has 2 atom stereocenters. The summed E-state index contributed by atoms with van der Waals surface area (Å²) in [5, 5.41) is 0.450. The van der Waals surface area contributed by atoms with E-state index in [0.29, 0.717) is 22.9 Å². The van der Waals surface area contributed by atoms with Crippen molar-refractivity contribution in [2.24, 2.45) is 5.92 Å². The van der Waals surface area contributed by atoms with Gasteiger partial charge in [-0.25, -0.2) is 8.42 Å². The molecule has 32 heavy (non-hydrogen) atoms. The number of halogens is 1. The first-order valence-corrected chi connectivity index (χ1v) is 12.7. The molecule has 2 fully saturated rings. The fourth-order valence-electron chi connectivity index (χ4n) is 4.35. The molecule has 0 aromatic heterocycles. The Morgan fingerprint density at radius 3 is 2.53 bits per heavy atom. The van der Waals surface area contributed by atoms with Crippen molar-refractivity contribution in [2.45, 2.75) is 25.4 Å². The molecule has 2 saturated heterocycles. The second kappa shape index (κ2) is 9.11. The minimum atomic E-state index is -3.18. The lowest BCUT2D eigenvalue weighted by molar-refractivity contribution is -0.138. The number of nitrogens with zero attached hydrogens (tertiary/aromatic N) is 2. The van der Waals surface area contributed by atoms with Crippen molar-refractivity contribution in [3.63, 3.8) is 0 Å². The highest BCUT2D eigenvalue weighted by Gasteiger charge is 2.42. The van der Waals surface area contributed by atoms with Crippen LogP contribution < -0.4 is 9.64 Å². The molecule has 0 radical (unpaired) electrons. The number of anilines is 1. The predicted molar refractivity (Wildman–Crippen MR) is 123 cm³/mol. The Labute approximate surface area is 192 Å². The van der Waals surface area contributed by atoms with E-state index in [0.717, 1.165) is 5.56 Å². The standard InChI is InChI=1S/C23H25ClN2O5S/c1-31-19-8-6-16(7-9-19)13-25(18-10-11-32(29,30)15-18)23(28)17-12-22(27)26(14-17)21-5-3-2-4-20(21)24/h2-9,17-18H,10-15H2,1H3/t17-,18-/m0/s1. The van der Waals surface area contributed by atoms with Gasteiger partial charge in [-0.2, -0.15) is 0 Å². The van der Waals surface area contributed by atoms with Gasteiger partial charge in [0, 0.05) is 25.6 Å². The summed E-state index contributed by atoms with van der Waals surface area (Å²) in [5.74, 6) is -0.207. The molecule has 2 heterocycles. The van der Waals surface area contributed by atoms with E-state index in [9.17, 15) is 18.0 Å². The van der Waals surface area contributed by atoms with Gasteiger partial charge in [-0.3, -0.25) is 9.59 Å². The highest BCUT2D eigenvalue weighted by atomic mass is 35.5. The summed E-state index contributed by atoms with van der Waals surface area (Å²) in [7, 11) is -1.60. The Bertz CT molecular complexity index is 1120. The van der Waals surface area contributed by atoms with Crippen LogP contribution in [0.2, 0.25) is 5.02 Å². The van der Waals surface area contributed by atoms with Gasteiger partial charge in [0.2, 0.25) is 11.8 Å². The maximum Gasteiger partial charge on any atom is 0.228 e. The van der Waals surface area contributed by atoms with E-state index in [-0.39, 0.29) is 42.8 Å². The van der Waals surface area contributed by atoms with Crippen LogP contribution >= 0.6 is 11.6 Å². The number of benzene rings is 2. The van der Waals surface area contributed by atoms with Gasteiger partial charge < -0.3 is 14.5 Å². The van der Waals surface area contributed by atoms with Crippen molar-refractivity contribution in [1.29, 1.82) is 0 Å². The number of carbonyl (C=O) groups is 2. The van der Waals surface area contributed by atoms with E-state index < -0.39 is 21.8 Å². The molecule has 2 aliphatic rings. The normalized spacial score (nSPS) is 22.2. The van der Waals surface area contributed by atoms with E-state index in [2.05, 4.69) is 0 Å². The molecule has 0 spiro atoms. The third-order valence-corrected chi connectivity index (χ3v) is 8.13. The number of ether oxygens (including phenoxy) is 1. The molecule has 0 bridgehead atoms. The lowest BCUT2D eigenvalue weighted by Gasteiger charge is -2.31. The zero-order chi connectivity index (χ0) is 22.9. The number of methoxy groups -OCH3 is 1. The van der Waals surface area contributed by atoms with Crippen molar-refractivity contribution in [3.8, 4) is 5.75 Å². The Morgan fingerprint density at radius 1 is 1.19 bits per heavy atom. The molecular formula is C23H25ClN2O5S. The average Bonchev–Trinajstić information content (AvgIpc) is 3.34. The zero-order valence-electron chi connectivity index (χ0n) is 17.7. The molecular weight excluding hydrogens is 452 g/mol. The molecule has 2 aromatic carbocycles. The van der Waals surface area contributed by atoms with Gasteiger partial charge in [0.05, 0.1) is 35.2 Å². The van der Waals surface area contributed by atoms with Crippen LogP contribution in [0.1, 0.15) is 18.4 Å². The number of rotatable bonds is 6. The molecule has 0 unspecified atom stereocenters. The van der Waals surface area contributed by atoms with Crippen molar-refractivity contribution in [1.82, 2.24) is 4.90 Å². The highest BCUT2D eigenvalue weighted by Crippen LogP contribution is 2.33. The first-order chi connectivity index (χ1) is 15.3. The Hall–Kier alpha value is -2.58. The second-order valence-corrected chi connectivity index (χ2v) is 10.9. The van der Waals surface area contributed by atoms with Gasteiger partial charge in [-0.15, -0.1) is 0 Å². The number of hydrogen-bond donors (Lipinski definition) is 0. The highest BCUT2D eigenvalue weighted by molar-refractivity contribution is 7.91. The average molecular weight is 477 g/mol. The molecule has 0 saturated carbocycles. The minimum absolute atomic E-state index is 0.0518. The van der Waals surface area contributed by atoms with Crippen LogP contribution in [0.15, 0.2) is 48.5 Å². The Kier molecular flexibility index (Phi) is 6.44. The Morgan fingerprint density at radius 2 is 1.91 bits per heavy atom. The fourth-order valence-corrected chi connectivity index (χ4v) is 6.32. The van der Waals surface area contributed by atoms with Crippen molar-refractivity contribution >= 4 is 38.9 Å². The lowest BCUT2D eigenvalue weighted by atomic mass is 10.0. The summed E-state index contributed by atoms with van der Waals surface area (Å²) in [4.78, 5) is 29.5. The van der Waals surface area contributed by atoms with Crippen LogP contribution in [-0.4, -0.2) is 56.3 Å². The van der Waals surface area contributed by atoms with Crippen LogP contribution in [0.25, 0.3) is 0 Å². The van der Waals surface area contributed by atoms with Crippen LogP contribution in [0.5, 0.6) is 5.75 Å². The van der Waals surface area contributed by atoms with E-state index in [1.807, 2.05) is 24.3 Å². The molecule has 7 nitrogen and oxygen atoms in total. The molecule has 2 aromatic rings. The number of hydrogen-bond acceptors (Lipinski definition) is 5. The van der Waals surface area contributed by atoms with Crippen molar-refractivity contribution in [3.05, 3.63) is 59.1 Å². The predicted octanol–water partition coefficient (Wildman–Crippen LogP) is 2.92. The summed E-state index contributed by atoms with van der Waals surface area (Å²) < 4.78 is 29.4. The second-order valence-electron chi connectivity index (χ2n) is 8.23. The van der Waals surface area contributed by atoms with Crippen LogP contribution in [0, 0.1) is 5.92 Å². The number of sulfone groups is 1. The van der Waals surface area contributed by atoms with Crippen LogP contribution in [0.4, 0.5) is 5.69 Å². The van der Waals surface area contributed by atoms with Gasteiger partial charge >= 0.3 is 0 Å². The van der Waals surface area contributed by atoms with Crippen LogP contribution in [0.3, 0.4) is 0 Å². The minimum Gasteiger partial charge on any atom is -0.497 e. The van der Waals surface area contributed by atoms with Gasteiger partial charge in [-0.1, -0.05) is 35.9 Å². The number of amides is 2. The van der Waals surface area contributed by atoms with Crippen molar-refractivity contribution in [2.75, 3.05) is 30.1 Å². The van der Waals surface area contributed by atoms with E-state index >= 15 is 0 Å². The van der Waals surface area contributed by atoms with E-state index in [4.69, 9.17) is 16.3 Å². The molecule has 0 aliphatic carbocycles. The maximum atomic E-state index is 13.6. The maximum absolute atomic E-state index is 13.6. The van der Waals surface area contributed by atoms with Gasteiger partial charge in [0.25, 0.3) is 0 Å². The van der Waals surface area contributed by atoms with Gasteiger partial charge in [0.15, 0.2) is 9.84 Å². The summed E-state index contributed by atoms with van der Waals surface area (Å²) in [6, 6.07) is 14.0. The zero-order valence-corrected chi connectivity index (χ0v) is 19.3. The number of carbonyl (C=O) groups excluding carboxylic acids is 2. The molecule has 0 N–H and O–H groups in total. The third kappa shape index (κ3) is 4.76. The van der Waals surface area contributed by atoms with Crippen molar-refractivity contribution < 1.29 is 22.7 Å². The number of para-hydroxylation sites is 1. The lowest BCUT2D eigenvalue weighted by Crippen LogP contribution is -2.44. The Balaban J connectivity index is 1.57. The molecule has 170 valence electrons. The summed E-state index contributed by atoms with van der Waals surface area (Å²) in [5.41, 5.74) is 1.45. The quantitative estimate of drug-likeness (QED) is 0.640. The largest absolute Gasteiger partial charge is 0.497 e. The monoisotopic (exact) mass is 476 g/mol. The summed E-state index contributed by atoms with van der Waals surface area (Å²) >= 11 is 6.26. The summed E-state index contributed by atoms with van der Waals surface area (Å²) in [6.07, 6.45) is 0.474. The smallest absolute Gasteiger partial charge is 0.228 e. The van der Waals surface area contributed by atoms with E-state index in [1.54, 1.807) is 41.2 Å². The fraction of sp³-hybridized carbons (Fsp3) is 0.391. The summed E-state index contributed by atoms with van der Waals surface area (Å²) in [6.45, 7) is 0.500. The molecule has 2 amide bonds. The third-order valence-electron chi connectivity index (χ3n) is 6.06. The van der Waals surface area contributed by atoms with Gasteiger partial charge in [-0.05, 0) is 36.2 Å².